The monoisotopic (exact) mass is 640 g/mol. The Labute approximate surface area is 281 Å². The van der Waals surface area contributed by atoms with Gasteiger partial charge in [-0.1, -0.05) is 206 Å². The van der Waals surface area contributed by atoms with Crippen LogP contribution in [0.15, 0.2) is 0 Å². The molecule has 0 saturated carbocycles. The number of aliphatic hydroxyl groups excluding tert-OH is 3. The summed E-state index contributed by atoms with van der Waals surface area (Å²) in [6, 6.07) is -0.650. The van der Waals surface area contributed by atoms with E-state index in [-0.39, 0.29) is 18.9 Å². The summed E-state index contributed by atoms with van der Waals surface area (Å²) < 4.78 is 0. The first-order chi connectivity index (χ1) is 22.0. The van der Waals surface area contributed by atoms with Crippen LogP contribution in [0.25, 0.3) is 0 Å². The Morgan fingerprint density at radius 2 is 0.756 bits per heavy atom. The van der Waals surface area contributed by atoms with Crippen LogP contribution in [-0.2, 0) is 4.79 Å². The van der Waals surface area contributed by atoms with Gasteiger partial charge in [0.1, 0.15) is 0 Å². The van der Waals surface area contributed by atoms with Gasteiger partial charge >= 0.3 is 0 Å². The van der Waals surface area contributed by atoms with E-state index < -0.39 is 18.2 Å². The van der Waals surface area contributed by atoms with E-state index in [9.17, 15) is 20.1 Å². The minimum Gasteiger partial charge on any atom is -0.394 e. The molecular formula is C40H81NO4. The van der Waals surface area contributed by atoms with Crippen molar-refractivity contribution in [2.24, 2.45) is 0 Å². The Morgan fingerprint density at radius 3 is 1.07 bits per heavy atom. The van der Waals surface area contributed by atoms with Crippen LogP contribution in [-0.4, -0.2) is 46.1 Å². The zero-order valence-corrected chi connectivity index (χ0v) is 30.5. The van der Waals surface area contributed by atoms with E-state index in [1.807, 2.05) is 0 Å². The number of rotatable bonds is 37. The lowest BCUT2D eigenvalue weighted by molar-refractivity contribution is -0.125. The van der Waals surface area contributed by atoms with E-state index >= 15 is 0 Å². The highest BCUT2D eigenvalue weighted by Crippen LogP contribution is 2.16. The molecule has 0 rings (SSSR count). The molecule has 3 atom stereocenters. The molecule has 0 radical (unpaired) electrons. The standard InChI is InChI=1S/C40H81NO4/c1-3-5-7-9-11-13-15-16-17-18-19-20-21-22-23-24-25-27-29-31-33-37(43)35-40(45)41-38(36-42)39(44)34-32-30-28-26-14-12-10-8-6-4-2/h37-39,42-44H,3-36H2,1-2H3,(H,41,45). The third-order valence-electron chi connectivity index (χ3n) is 9.67. The zero-order valence-electron chi connectivity index (χ0n) is 30.5. The maximum absolute atomic E-state index is 12.4. The lowest BCUT2D eigenvalue weighted by atomic mass is 10.0. The molecule has 3 unspecified atom stereocenters. The summed E-state index contributed by atoms with van der Waals surface area (Å²) in [5.41, 5.74) is 0. The first-order valence-corrected chi connectivity index (χ1v) is 20.3. The summed E-state index contributed by atoms with van der Waals surface area (Å²) >= 11 is 0. The molecule has 0 aromatic heterocycles. The first-order valence-electron chi connectivity index (χ1n) is 20.3. The number of hydrogen-bond acceptors (Lipinski definition) is 4. The van der Waals surface area contributed by atoms with Gasteiger partial charge in [0.25, 0.3) is 0 Å². The Hall–Kier alpha value is -0.650. The second-order valence-corrected chi connectivity index (χ2v) is 14.3. The van der Waals surface area contributed by atoms with Gasteiger partial charge in [-0.2, -0.15) is 0 Å². The van der Waals surface area contributed by atoms with Crippen molar-refractivity contribution in [1.82, 2.24) is 5.32 Å². The number of carbonyl (C=O) groups is 1. The van der Waals surface area contributed by atoms with Crippen molar-refractivity contribution in [3.05, 3.63) is 0 Å². The van der Waals surface area contributed by atoms with E-state index in [1.165, 1.54) is 167 Å². The predicted molar refractivity (Wildman–Crippen MR) is 195 cm³/mol. The summed E-state index contributed by atoms with van der Waals surface area (Å²) in [6.45, 7) is 4.25. The molecule has 0 aliphatic heterocycles. The zero-order chi connectivity index (χ0) is 33.1. The van der Waals surface area contributed by atoms with E-state index in [0.717, 1.165) is 25.7 Å². The lowest BCUT2D eigenvalue weighted by Crippen LogP contribution is -2.46. The summed E-state index contributed by atoms with van der Waals surface area (Å²) in [7, 11) is 0. The van der Waals surface area contributed by atoms with Crippen molar-refractivity contribution in [2.45, 2.75) is 244 Å². The number of aliphatic hydroxyl groups is 3. The van der Waals surface area contributed by atoms with Gasteiger partial charge in [-0.15, -0.1) is 0 Å². The van der Waals surface area contributed by atoms with Crippen LogP contribution in [0.3, 0.4) is 0 Å². The lowest BCUT2D eigenvalue weighted by Gasteiger charge is -2.23. The highest BCUT2D eigenvalue weighted by atomic mass is 16.3. The van der Waals surface area contributed by atoms with Crippen molar-refractivity contribution in [3.8, 4) is 0 Å². The molecule has 0 aromatic rings. The molecule has 4 N–H and O–H groups in total. The van der Waals surface area contributed by atoms with Gasteiger partial charge in [-0.3, -0.25) is 4.79 Å². The molecule has 0 spiro atoms. The number of carbonyl (C=O) groups excluding carboxylic acids is 1. The molecule has 5 nitrogen and oxygen atoms in total. The third kappa shape index (κ3) is 33.1. The van der Waals surface area contributed by atoms with Gasteiger partial charge in [0.2, 0.25) is 5.91 Å². The molecular weight excluding hydrogens is 558 g/mol. The molecule has 1 amide bonds. The maximum Gasteiger partial charge on any atom is 0.222 e. The molecule has 0 heterocycles. The molecule has 0 saturated heterocycles. The quantitative estimate of drug-likeness (QED) is 0.0509. The van der Waals surface area contributed by atoms with Crippen LogP contribution >= 0.6 is 0 Å². The topological polar surface area (TPSA) is 89.8 Å². The molecule has 0 aliphatic rings. The highest BCUT2D eigenvalue weighted by molar-refractivity contribution is 5.76. The third-order valence-corrected chi connectivity index (χ3v) is 9.67. The fourth-order valence-corrected chi connectivity index (χ4v) is 6.52. The molecule has 0 aromatic carbocycles. The molecule has 270 valence electrons. The number of hydrogen-bond donors (Lipinski definition) is 4. The van der Waals surface area contributed by atoms with Crippen LogP contribution in [0.1, 0.15) is 226 Å². The summed E-state index contributed by atoms with van der Waals surface area (Å²) in [4.78, 5) is 12.4. The van der Waals surface area contributed by atoms with Gasteiger partial charge < -0.3 is 20.6 Å². The fraction of sp³-hybridized carbons (Fsp3) is 0.975. The number of nitrogens with one attached hydrogen (secondary N) is 1. The van der Waals surface area contributed by atoms with Crippen LogP contribution in [0.4, 0.5) is 0 Å². The smallest absolute Gasteiger partial charge is 0.222 e. The van der Waals surface area contributed by atoms with E-state index in [2.05, 4.69) is 19.2 Å². The Kier molecular flexibility index (Phi) is 35.7. The minimum atomic E-state index is -0.741. The maximum atomic E-state index is 12.4. The fourth-order valence-electron chi connectivity index (χ4n) is 6.52. The van der Waals surface area contributed by atoms with E-state index in [0.29, 0.717) is 12.8 Å². The van der Waals surface area contributed by atoms with Crippen molar-refractivity contribution < 1.29 is 20.1 Å². The van der Waals surface area contributed by atoms with Crippen LogP contribution in [0, 0.1) is 0 Å². The van der Waals surface area contributed by atoms with Gasteiger partial charge in [-0.05, 0) is 12.8 Å². The van der Waals surface area contributed by atoms with Gasteiger partial charge in [0.15, 0.2) is 0 Å². The minimum absolute atomic E-state index is 0.0423. The van der Waals surface area contributed by atoms with Crippen LogP contribution < -0.4 is 5.32 Å². The molecule has 0 fully saturated rings. The van der Waals surface area contributed by atoms with Gasteiger partial charge in [0.05, 0.1) is 31.3 Å². The Balaban J connectivity index is 3.55. The average Bonchev–Trinajstić information content (AvgIpc) is 3.03. The number of amides is 1. The van der Waals surface area contributed by atoms with E-state index in [4.69, 9.17) is 0 Å². The van der Waals surface area contributed by atoms with Gasteiger partial charge in [0, 0.05) is 0 Å². The van der Waals surface area contributed by atoms with Crippen molar-refractivity contribution in [3.63, 3.8) is 0 Å². The Morgan fingerprint density at radius 1 is 0.467 bits per heavy atom. The second kappa shape index (κ2) is 36.2. The van der Waals surface area contributed by atoms with Gasteiger partial charge in [-0.25, -0.2) is 0 Å². The highest BCUT2D eigenvalue weighted by Gasteiger charge is 2.21. The first kappa shape index (κ1) is 44.4. The normalized spacial score (nSPS) is 13.6. The van der Waals surface area contributed by atoms with Crippen molar-refractivity contribution >= 4 is 5.91 Å². The average molecular weight is 640 g/mol. The van der Waals surface area contributed by atoms with Crippen molar-refractivity contribution in [2.75, 3.05) is 6.61 Å². The summed E-state index contributed by atoms with van der Waals surface area (Å²) in [6.07, 6.45) is 39.2. The van der Waals surface area contributed by atoms with E-state index in [1.54, 1.807) is 0 Å². The Bertz CT molecular complexity index is 587. The molecule has 45 heavy (non-hydrogen) atoms. The van der Waals surface area contributed by atoms with Crippen LogP contribution in [0.2, 0.25) is 0 Å². The summed E-state index contributed by atoms with van der Waals surface area (Å²) in [5.74, 6) is -0.281. The molecule has 0 bridgehead atoms. The molecule has 0 aliphatic carbocycles. The van der Waals surface area contributed by atoms with Crippen molar-refractivity contribution in [1.29, 1.82) is 0 Å². The largest absolute Gasteiger partial charge is 0.394 e. The second-order valence-electron chi connectivity index (χ2n) is 14.3. The summed E-state index contributed by atoms with van der Waals surface area (Å²) in [5, 5.41) is 33.2. The van der Waals surface area contributed by atoms with Crippen LogP contribution in [0.5, 0.6) is 0 Å². The number of unbranched alkanes of at least 4 members (excludes halogenated alkanes) is 28. The SMILES string of the molecule is CCCCCCCCCCCCCCCCCCCCCCC(O)CC(=O)NC(CO)C(O)CCCCCCCCCCCC. The molecule has 5 heteroatoms. The predicted octanol–water partition coefficient (Wildman–Crippen LogP) is 11.1.